The van der Waals surface area contributed by atoms with Gasteiger partial charge in [0.25, 0.3) is 0 Å². The van der Waals surface area contributed by atoms with Gasteiger partial charge in [-0.1, -0.05) is 54.6 Å². The van der Waals surface area contributed by atoms with E-state index in [1.54, 1.807) is 30.5 Å². The number of hydrogen-bond acceptors (Lipinski definition) is 3. The molecule has 5 heteroatoms. The van der Waals surface area contributed by atoms with Crippen molar-refractivity contribution in [3.05, 3.63) is 108 Å². The molecule has 1 unspecified atom stereocenters. The highest BCUT2D eigenvalue weighted by Gasteiger charge is 2.28. The number of Topliss-reactive ketones (excluding diaryl/α,β-unsaturated/α-hetero) is 1. The van der Waals surface area contributed by atoms with Gasteiger partial charge >= 0.3 is 5.97 Å². The smallest absolute Gasteiger partial charge is 0.339 e. The number of carbonyl (C=O) groups is 2. The van der Waals surface area contributed by atoms with Crippen molar-refractivity contribution in [2.24, 2.45) is 0 Å². The number of hydrogen-bond donors (Lipinski definition) is 1. The third-order valence-corrected chi connectivity index (χ3v) is 4.48. The van der Waals surface area contributed by atoms with Crippen LogP contribution in [0.2, 0.25) is 0 Å². The van der Waals surface area contributed by atoms with Gasteiger partial charge in [0.1, 0.15) is 5.82 Å². The van der Waals surface area contributed by atoms with Crippen LogP contribution in [0.3, 0.4) is 0 Å². The number of H-pyrrole nitrogens is 1. The lowest BCUT2D eigenvalue weighted by Gasteiger charge is -2.17. The summed E-state index contributed by atoms with van der Waals surface area (Å²) in [4.78, 5) is 28.9. The minimum absolute atomic E-state index is 0.0488. The van der Waals surface area contributed by atoms with Crippen LogP contribution >= 0.6 is 0 Å². The Bertz CT molecular complexity index is 1150. The van der Waals surface area contributed by atoms with Gasteiger partial charge in [0, 0.05) is 28.2 Å². The van der Waals surface area contributed by atoms with E-state index in [0.29, 0.717) is 11.1 Å². The SMILES string of the molecule is O=C(OC(C(=O)c1c[nH]c2ccccc12)c1ccccc1)c1cccc(F)c1. The first-order chi connectivity index (χ1) is 13.6. The van der Waals surface area contributed by atoms with E-state index in [1.165, 1.54) is 18.2 Å². The number of para-hydroxylation sites is 1. The van der Waals surface area contributed by atoms with Gasteiger partial charge in [0.05, 0.1) is 5.56 Å². The molecule has 28 heavy (non-hydrogen) atoms. The largest absolute Gasteiger partial charge is 0.445 e. The molecule has 0 bridgehead atoms. The second-order valence-corrected chi connectivity index (χ2v) is 6.32. The van der Waals surface area contributed by atoms with Crippen LogP contribution in [0.1, 0.15) is 32.4 Å². The van der Waals surface area contributed by atoms with Crippen LogP contribution in [0, 0.1) is 5.82 Å². The Kier molecular flexibility index (Phi) is 4.72. The minimum Gasteiger partial charge on any atom is -0.445 e. The van der Waals surface area contributed by atoms with Crippen LogP contribution in [0.25, 0.3) is 10.9 Å². The molecule has 1 aromatic heterocycles. The summed E-state index contributed by atoms with van der Waals surface area (Å²) >= 11 is 0. The molecular weight excluding hydrogens is 357 g/mol. The Hall–Kier alpha value is -3.73. The highest BCUT2D eigenvalue weighted by atomic mass is 19.1. The van der Waals surface area contributed by atoms with Crippen molar-refractivity contribution in [3.8, 4) is 0 Å². The first kappa shape index (κ1) is 17.7. The summed E-state index contributed by atoms with van der Waals surface area (Å²) in [5, 5.41) is 0.746. The third-order valence-electron chi connectivity index (χ3n) is 4.48. The molecule has 0 aliphatic rings. The molecule has 1 N–H and O–H groups in total. The zero-order chi connectivity index (χ0) is 19.5. The van der Waals surface area contributed by atoms with Gasteiger partial charge in [-0.05, 0) is 24.3 Å². The van der Waals surface area contributed by atoms with Gasteiger partial charge in [-0.25, -0.2) is 9.18 Å². The lowest BCUT2D eigenvalue weighted by Crippen LogP contribution is -2.20. The quantitative estimate of drug-likeness (QED) is 0.392. The van der Waals surface area contributed by atoms with E-state index < -0.39 is 17.9 Å². The molecule has 1 heterocycles. The summed E-state index contributed by atoms with van der Waals surface area (Å²) in [5.41, 5.74) is 1.83. The molecule has 0 saturated heterocycles. The van der Waals surface area contributed by atoms with Crippen LogP contribution < -0.4 is 0 Å². The number of aromatic amines is 1. The molecule has 4 aromatic rings. The van der Waals surface area contributed by atoms with Crippen LogP contribution in [0.4, 0.5) is 4.39 Å². The third kappa shape index (κ3) is 3.42. The number of halogens is 1. The van der Waals surface area contributed by atoms with Gasteiger partial charge < -0.3 is 9.72 Å². The summed E-state index contributed by atoms with van der Waals surface area (Å²) in [6.45, 7) is 0. The summed E-state index contributed by atoms with van der Waals surface area (Å²) < 4.78 is 19.0. The van der Waals surface area contributed by atoms with Gasteiger partial charge in [0.2, 0.25) is 5.78 Å². The Morgan fingerprint density at radius 3 is 2.43 bits per heavy atom. The zero-order valence-electron chi connectivity index (χ0n) is 14.8. The minimum atomic E-state index is -1.14. The lowest BCUT2D eigenvalue weighted by molar-refractivity contribution is 0.0280. The average Bonchev–Trinajstić information content (AvgIpc) is 3.16. The predicted octanol–water partition coefficient (Wildman–Crippen LogP) is 5.09. The van der Waals surface area contributed by atoms with E-state index in [4.69, 9.17) is 4.74 Å². The van der Waals surface area contributed by atoms with Crippen molar-refractivity contribution in [3.63, 3.8) is 0 Å². The zero-order valence-corrected chi connectivity index (χ0v) is 14.8. The number of fused-ring (bicyclic) bond motifs is 1. The van der Waals surface area contributed by atoms with Crippen LogP contribution in [-0.2, 0) is 4.74 Å². The maximum Gasteiger partial charge on any atom is 0.339 e. The monoisotopic (exact) mass is 373 g/mol. The lowest BCUT2D eigenvalue weighted by atomic mass is 9.99. The predicted molar refractivity (Wildman–Crippen MR) is 104 cm³/mol. The summed E-state index contributed by atoms with van der Waals surface area (Å²) in [6.07, 6.45) is 0.468. The van der Waals surface area contributed by atoms with E-state index >= 15 is 0 Å². The second-order valence-electron chi connectivity index (χ2n) is 6.32. The van der Waals surface area contributed by atoms with E-state index in [1.807, 2.05) is 30.3 Å². The molecule has 1 atom stereocenters. The van der Waals surface area contributed by atoms with Crippen LogP contribution in [0.5, 0.6) is 0 Å². The molecule has 0 amide bonds. The van der Waals surface area contributed by atoms with E-state index in [-0.39, 0.29) is 11.3 Å². The van der Waals surface area contributed by atoms with Crippen LogP contribution in [0.15, 0.2) is 85.1 Å². The van der Waals surface area contributed by atoms with Crippen molar-refractivity contribution in [1.82, 2.24) is 4.98 Å². The van der Waals surface area contributed by atoms with Crippen LogP contribution in [-0.4, -0.2) is 16.7 Å². The fourth-order valence-electron chi connectivity index (χ4n) is 3.11. The number of carbonyl (C=O) groups excluding carboxylic acids is 2. The number of nitrogens with one attached hydrogen (secondary N) is 1. The van der Waals surface area contributed by atoms with Crippen molar-refractivity contribution >= 4 is 22.7 Å². The number of rotatable bonds is 5. The molecule has 0 aliphatic carbocycles. The summed E-state index contributed by atoms with van der Waals surface area (Å²) in [6, 6.07) is 21.4. The Morgan fingerprint density at radius 1 is 0.893 bits per heavy atom. The molecule has 0 saturated carbocycles. The first-order valence-corrected chi connectivity index (χ1v) is 8.75. The molecule has 0 fully saturated rings. The number of esters is 1. The average molecular weight is 373 g/mol. The number of aromatic nitrogens is 1. The summed E-state index contributed by atoms with van der Waals surface area (Å²) in [7, 11) is 0. The van der Waals surface area contributed by atoms with Crippen molar-refractivity contribution in [1.29, 1.82) is 0 Å². The number of ketones is 1. The molecule has 4 nitrogen and oxygen atoms in total. The van der Waals surface area contributed by atoms with E-state index in [9.17, 15) is 14.0 Å². The van der Waals surface area contributed by atoms with Crippen molar-refractivity contribution < 1.29 is 18.7 Å². The van der Waals surface area contributed by atoms with E-state index in [2.05, 4.69) is 4.98 Å². The highest BCUT2D eigenvalue weighted by molar-refractivity contribution is 6.11. The molecule has 0 aliphatic heterocycles. The fourth-order valence-corrected chi connectivity index (χ4v) is 3.11. The first-order valence-electron chi connectivity index (χ1n) is 8.75. The highest BCUT2D eigenvalue weighted by Crippen LogP contribution is 2.28. The maximum absolute atomic E-state index is 13.5. The fraction of sp³-hybridized carbons (Fsp3) is 0.0435. The molecule has 4 rings (SSSR count). The molecule has 0 radical (unpaired) electrons. The standard InChI is InChI=1S/C23H16FNO3/c24-17-10-6-9-16(13-17)23(27)28-22(15-7-2-1-3-8-15)21(26)19-14-25-20-12-5-4-11-18(19)20/h1-14,22,25H. The number of ether oxygens (including phenoxy) is 1. The summed E-state index contributed by atoms with van der Waals surface area (Å²) in [5.74, 6) is -1.66. The molecule has 0 spiro atoms. The van der Waals surface area contributed by atoms with Gasteiger partial charge in [-0.2, -0.15) is 0 Å². The van der Waals surface area contributed by atoms with Crippen molar-refractivity contribution in [2.45, 2.75) is 6.10 Å². The Labute approximate surface area is 160 Å². The normalized spacial score (nSPS) is 11.9. The molecular formula is C23H16FNO3. The van der Waals surface area contributed by atoms with Gasteiger partial charge in [-0.15, -0.1) is 0 Å². The van der Waals surface area contributed by atoms with Crippen molar-refractivity contribution in [2.75, 3.05) is 0 Å². The molecule has 3 aromatic carbocycles. The number of benzene rings is 3. The Morgan fingerprint density at radius 2 is 1.64 bits per heavy atom. The Balaban J connectivity index is 1.72. The van der Waals surface area contributed by atoms with Gasteiger partial charge in [-0.3, -0.25) is 4.79 Å². The maximum atomic E-state index is 13.5. The topological polar surface area (TPSA) is 59.2 Å². The van der Waals surface area contributed by atoms with Gasteiger partial charge in [0.15, 0.2) is 6.10 Å². The second kappa shape index (κ2) is 7.48. The van der Waals surface area contributed by atoms with E-state index in [0.717, 1.165) is 17.0 Å². The molecule has 138 valence electrons.